The predicted octanol–water partition coefficient (Wildman–Crippen LogP) is 5.46. The molecule has 0 unspecified atom stereocenters. The molecule has 31 atom stereocenters. The lowest BCUT2D eigenvalue weighted by Gasteiger charge is -2.42. The maximum Gasteiger partial charge on any atom is 0.308 e. The molecule has 1 aliphatic carbocycles. The maximum absolute atomic E-state index is 13.8. The lowest BCUT2D eigenvalue weighted by Crippen LogP contribution is -2.60. The number of aliphatic hydroxyl groups is 16. The zero-order valence-corrected chi connectivity index (χ0v) is 70.4. The molecule has 0 radical (unpaired) electrons. The topological polar surface area (TPSA) is 478 Å². The van der Waals surface area contributed by atoms with Gasteiger partial charge in [-0.1, -0.05) is 193 Å². The highest BCUT2D eigenvalue weighted by Crippen LogP contribution is 2.36. The number of hydrogen-bond acceptors (Lipinski definition) is 31. The summed E-state index contributed by atoms with van der Waals surface area (Å²) in [6.45, 7) is 1.93. The Morgan fingerprint density at radius 2 is 0.750 bits per heavy atom. The summed E-state index contributed by atoms with van der Waals surface area (Å²) < 4.78 is 77.5. The molecule has 6 aliphatic rings. The van der Waals surface area contributed by atoms with Crippen LogP contribution in [0.2, 0.25) is 0 Å². The van der Waals surface area contributed by atoms with E-state index >= 15 is 0 Å². The van der Waals surface area contributed by atoms with E-state index in [9.17, 15) is 91.3 Å². The number of aliphatic hydroxyl groups excluding tert-OH is 16. The van der Waals surface area contributed by atoms with Gasteiger partial charge in [0, 0.05) is 46.7 Å². The Balaban J connectivity index is 0.871. The summed E-state index contributed by atoms with van der Waals surface area (Å²) >= 11 is 0. The smallest absolute Gasteiger partial charge is 0.308 e. The van der Waals surface area contributed by atoms with Gasteiger partial charge in [0.2, 0.25) is 0 Å². The number of cyclic esters (lactones) is 1. The third-order valence-electron chi connectivity index (χ3n) is 24.7. The van der Waals surface area contributed by atoms with Gasteiger partial charge >= 0.3 is 5.97 Å². The molecule has 682 valence electrons. The Hall–Kier alpha value is -1.98. The molecule has 0 amide bonds. The zero-order chi connectivity index (χ0) is 84.5. The number of unbranched alkanes of at least 4 members (excludes halogenated alkanes) is 26. The molecule has 0 spiro atoms. The fourth-order valence-electron chi connectivity index (χ4n) is 17.3. The average molecular weight is 1670 g/mol. The van der Waals surface area contributed by atoms with Gasteiger partial charge in [0.25, 0.3) is 0 Å². The van der Waals surface area contributed by atoms with E-state index in [1.54, 1.807) is 6.92 Å². The predicted molar refractivity (Wildman–Crippen MR) is 424 cm³/mol. The van der Waals surface area contributed by atoms with Crippen molar-refractivity contribution >= 4 is 11.8 Å². The quantitative estimate of drug-likeness (QED) is 0.0265. The largest absolute Gasteiger partial charge is 0.463 e. The van der Waals surface area contributed by atoms with Crippen LogP contribution in [0.15, 0.2) is 0 Å². The molecule has 31 nitrogen and oxygen atoms in total. The van der Waals surface area contributed by atoms with Gasteiger partial charge in [-0.05, 0) is 78.1 Å². The summed E-state index contributed by atoms with van der Waals surface area (Å²) in [5.74, 6) is -1.54. The Labute approximate surface area is 689 Å². The number of methoxy groups -OCH3 is 3. The lowest BCUT2D eigenvalue weighted by atomic mass is 9.81. The summed E-state index contributed by atoms with van der Waals surface area (Å²) in [7, 11) is 4.31. The van der Waals surface area contributed by atoms with Crippen LogP contribution in [0.1, 0.15) is 290 Å². The second-order valence-corrected chi connectivity index (χ2v) is 34.2. The number of hydrogen-bond donors (Lipinski definition) is 16. The highest BCUT2D eigenvalue weighted by molar-refractivity contribution is 5.78. The van der Waals surface area contributed by atoms with Crippen LogP contribution in [0.25, 0.3) is 0 Å². The van der Waals surface area contributed by atoms with Crippen LogP contribution in [-0.4, -0.2) is 325 Å². The van der Waals surface area contributed by atoms with Crippen molar-refractivity contribution in [1.29, 1.82) is 0 Å². The summed E-state index contributed by atoms with van der Waals surface area (Å²) in [6, 6.07) is 0. The van der Waals surface area contributed by atoms with Gasteiger partial charge in [0.1, 0.15) is 116 Å². The molecule has 5 heterocycles. The molecule has 6 fully saturated rings. The Kier molecular flexibility index (Phi) is 51.0. The van der Waals surface area contributed by atoms with Crippen molar-refractivity contribution < 1.29 is 153 Å². The molecule has 1 saturated carbocycles. The first-order chi connectivity index (χ1) is 55.9. The number of Topliss-reactive ketones (excluding diaryl/α,β-unsaturated/α-hetero) is 1. The van der Waals surface area contributed by atoms with Crippen molar-refractivity contribution in [3.05, 3.63) is 0 Å². The van der Waals surface area contributed by atoms with E-state index in [4.69, 9.17) is 61.6 Å². The van der Waals surface area contributed by atoms with Crippen LogP contribution in [-0.2, 0) is 71.2 Å². The summed E-state index contributed by atoms with van der Waals surface area (Å²) in [5, 5.41) is 169. The van der Waals surface area contributed by atoms with Crippen LogP contribution in [0.3, 0.4) is 0 Å². The Morgan fingerprint density at radius 1 is 0.371 bits per heavy atom. The summed E-state index contributed by atoms with van der Waals surface area (Å²) in [6.07, 6.45) is 1.70. The van der Waals surface area contributed by atoms with E-state index in [1.165, 1.54) is 21.3 Å². The molecule has 0 aromatic rings. The molecule has 4 bridgehead atoms. The van der Waals surface area contributed by atoms with Gasteiger partial charge in [-0.3, -0.25) is 9.59 Å². The minimum atomic E-state index is -1.73. The number of esters is 1. The van der Waals surface area contributed by atoms with E-state index in [0.717, 1.165) is 212 Å². The van der Waals surface area contributed by atoms with Crippen molar-refractivity contribution in [2.24, 2.45) is 5.92 Å². The van der Waals surface area contributed by atoms with Gasteiger partial charge < -0.3 is 143 Å². The molecule has 116 heavy (non-hydrogen) atoms. The van der Waals surface area contributed by atoms with Crippen molar-refractivity contribution in [2.75, 3.05) is 47.8 Å². The number of ether oxygens (including phenoxy) is 13. The van der Waals surface area contributed by atoms with E-state index < -0.39 is 191 Å². The van der Waals surface area contributed by atoms with Gasteiger partial charge in [-0.15, -0.1) is 0 Å². The van der Waals surface area contributed by atoms with Crippen molar-refractivity contribution in [3.8, 4) is 0 Å². The van der Waals surface area contributed by atoms with Crippen LogP contribution in [0.5, 0.6) is 0 Å². The van der Waals surface area contributed by atoms with E-state index in [2.05, 4.69) is 0 Å². The Morgan fingerprint density at radius 3 is 1.19 bits per heavy atom. The lowest BCUT2D eigenvalue weighted by molar-refractivity contribution is -0.316. The molecule has 0 aromatic heterocycles. The number of carbonyl (C=O) groups excluding carboxylic acids is 2. The number of ketones is 1. The SMILES string of the molecule is CO[C@@H]1[C@H](O)[C@H](O)[C@@H](CO)C[C@H]1O[C@@H](CCCCCCCCCCCCCCC[C@H]1CC(=O)CC[C@H]2O[C@@H](O[C@@H](CCCCCCCCCCCCC[C@H](CCCCC[C@H](C)O)O[C@@H]3O[C@@H](CO)[C@H](O)[C@H](O)[C@H]3OC)CC(=O)OC[C@H]3O[C@@H](O1)[C@H](O)[C@H](O)[C@H]3O)[C@H](O)[C@@H](O)[C@H]2O)CCCCC[C@@H](C)O[C@@H]1O[C@@H](CO)[C@@H](O)[C@H](O)[C@H]1OC. The van der Waals surface area contributed by atoms with Crippen LogP contribution >= 0.6 is 0 Å². The Bertz CT molecular complexity index is 2520. The summed E-state index contributed by atoms with van der Waals surface area (Å²) in [5.41, 5.74) is 0. The van der Waals surface area contributed by atoms with E-state index in [0.29, 0.717) is 38.5 Å². The average Bonchev–Trinajstić information content (AvgIpc) is 0.834. The third kappa shape index (κ3) is 35.2. The van der Waals surface area contributed by atoms with Gasteiger partial charge in [0.05, 0.1) is 74.6 Å². The van der Waals surface area contributed by atoms with Crippen molar-refractivity contribution in [2.45, 2.75) is 474 Å². The van der Waals surface area contributed by atoms with Crippen LogP contribution in [0, 0.1) is 5.92 Å². The number of rotatable bonds is 54. The van der Waals surface area contributed by atoms with Crippen LogP contribution < -0.4 is 0 Å². The fourth-order valence-corrected chi connectivity index (χ4v) is 17.3. The zero-order valence-electron chi connectivity index (χ0n) is 70.4. The van der Waals surface area contributed by atoms with E-state index in [1.807, 2.05) is 6.92 Å². The first kappa shape index (κ1) is 103. The molecule has 0 aromatic carbocycles. The van der Waals surface area contributed by atoms with Gasteiger partial charge in [-0.25, -0.2) is 0 Å². The van der Waals surface area contributed by atoms with Crippen molar-refractivity contribution in [3.63, 3.8) is 0 Å². The minimum Gasteiger partial charge on any atom is -0.463 e. The molecule has 5 aliphatic heterocycles. The van der Waals surface area contributed by atoms with E-state index in [-0.39, 0.29) is 62.5 Å². The summed E-state index contributed by atoms with van der Waals surface area (Å²) in [4.78, 5) is 27.5. The molecule has 31 heteroatoms. The highest BCUT2D eigenvalue weighted by atomic mass is 16.7. The van der Waals surface area contributed by atoms with Gasteiger partial charge in [0.15, 0.2) is 25.2 Å². The minimum absolute atomic E-state index is 0.0423. The van der Waals surface area contributed by atoms with Crippen LogP contribution in [0.4, 0.5) is 0 Å². The molecular weight excluding hydrogens is 1520 g/mol. The highest BCUT2D eigenvalue weighted by Gasteiger charge is 2.51. The maximum atomic E-state index is 13.8. The molecule has 6 rings (SSSR count). The second-order valence-electron chi connectivity index (χ2n) is 34.2. The molecule has 16 N–H and O–H groups in total. The number of fused-ring (bicyclic) bond motifs is 4. The van der Waals surface area contributed by atoms with Crippen molar-refractivity contribution in [1.82, 2.24) is 0 Å². The molecular formula is C85H156O31. The normalized spacial score (nSPS) is 35.7. The first-order valence-corrected chi connectivity index (χ1v) is 44.7. The first-order valence-electron chi connectivity index (χ1n) is 44.7. The second kappa shape index (κ2) is 57.5. The fraction of sp³-hybridized carbons (Fsp3) is 0.976. The standard InChI is InChI=1S/C85H156O31/c1-53(89)36-28-26-34-41-58(110-85-81(106-5)76(101)70(95)64(51-88)115-85)40-31-23-19-15-12-9-13-17-21-25-33-43-60-48-66(91)107-52-65-71(96)73(98)78(103)83(116-65)111-59(47-56(90)44-45-61-68(93)72(97)77(102)82(112-60)113-61)42-32-24-20-16-11-8-6-7-10-14-18-22-30-38-57(109-62-46-55(49-86)67(92)74(99)79(62)104-3)39-35-27-29-37-54(2)108-84-80(105-4)75(100)69(94)63(50-87)114-84/h53-55,57-65,67-89,92-103H,6-52H2,1-5H3/t53-,54+,55+,57-,58+,59-,60-,61+,62+,63-,64-,65+,67+,68-,69+,70-,71-,72-,73+,74+,75-,76-,77+,78+,79-,80+,81+,82+,83+,84+,85+/m0/s1. The monoisotopic (exact) mass is 1670 g/mol. The van der Waals surface area contributed by atoms with Gasteiger partial charge in [-0.2, -0.15) is 0 Å². The molecule has 5 saturated heterocycles. The third-order valence-corrected chi connectivity index (χ3v) is 24.7. The number of carbonyl (C=O) groups is 2.